The predicted molar refractivity (Wildman–Crippen MR) is 135 cm³/mol. The molecule has 4 nitrogen and oxygen atoms in total. The van der Waals surface area contributed by atoms with E-state index in [9.17, 15) is 9.90 Å². The van der Waals surface area contributed by atoms with Crippen molar-refractivity contribution in [2.75, 3.05) is 38.5 Å². The van der Waals surface area contributed by atoms with Gasteiger partial charge in [0.05, 0.1) is 6.10 Å². The van der Waals surface area contributed by atoms with Crippen molar-refractivity contribution < 1.29 is 9.90 Å². The summed E-state index contributed by atoms with van der Waals surface area (Å²) in [6.07, 6.45) is 8.91. The van der Waals surface area contributed by atoms with E-state index in [0.717, 1.165) is 68.9 Å². The Hall–Kier alpha value is -0.690. The molecule has 1 atom stereocenters. The molecule has 6 heteroatoms. The molecule has 1 N–H and O–H groups in total. The Labute approximate surface area is 192 Å². The van der Waals surface area contributed by atoms with Crippen LogP contribution < -0.4 is 0 Å². The summed E-state index contributed by atoms with van der Waals surface area (Å²) in [5.74, 6) is 1.38. The van der Waals surface area contributed by atoms with Crippen LogP contribution in [0.3, 0.4) is 0 Å². The summed E-state index contributed by atoms with van der Waals surface area (Å²) in [5, 5.41) is 10.1. The first-order valence-corrected chi connectivity index (χ1v) is 13.5. The molecule has 1 aliphatic rings. The van der Waals surface area contributed by atoms with Crippen LogP contribution in [0.2, 0.25) is 0 Å². The zero-order chi connectivity index (χ0) is 22.6. The third-order valence-corrected chi connectivity index (χ3v) is 8.81. The smallest absolute Gasteiger partial charge is 0.222 e. The number of aliphatic hydroxyl groups excluding tert-OH is 1. The molecule has 0 saturated carbocycles. The molecule has 0 aliphatic carbocycles. The molecule has 1 aliphatic heterocycles. The molecular formula is C24H42N2O2S2. The predicted octanol–water partition coefficient (Wildman–Crippen LogP) is 5.31. The van der Waals surface area contributed by atoms with Gasteiger partial charge in [0.1, 0.15) is 0 Å². The Balaban J connectivity index is 2.47. The first-order valence-electron chi connectivity index (χ1n) is 11.2. The Morgan fingerprint density at radius 1 is 1.20 bits per heavy atom. The van der Waals surface area contributed by atoms with E-state index in [0.29, 0.717) is 6.42 Å². The number of allylic oxidation sites excluding steroid dienone is 2. The fourth-order valence-electron chi connectivity index (χ4n) is 3.28. The maximum absolute atomic E-state index is 12.6. The first-order chi connectivity index (χ1) is 14.2. The van der Waals surface area contributed by atoms with Crippen LogP contribution in [0.5, 0.6) is 0 Å². The molecule has 1 amide bonds. The van der Waals surface area contributed by atoms with Crippen LogP contribution in [0.25, 0.3) is 0 Å². The lowest BCUT2D eigenvalue weighted by Crippen LogP contribution is -2.49. The third kappa shape index (κ3) is 10.6. The zero-order valence-electron chi connectivity index (χ0n) is 19.7. The van der Waals surface area contributed by atoms with E-state index >= 15 is 0 Å². The van der Waals surface area contributed by atoms with Crippen molar-refractivity contribution in [2.45, 2.75) is 71.2 Å². The fraction of sp³-hybridized carbons (Fsp3) is 0.708. The molecular weight excluding hydrogens is 412 g/mol. The van der Waals surface area contributed by atoms with Crippen LogP contribution in [0.15, 0.2) is 36.0 Å². The fourth-order valence-corrected chi connectivity index (χ4v) is 5.46. The van der Waals surface area contributed by atoms with Gasteiger partial charge in [-0.25, -0.2) is 0 Å². The molecule has 0 aromatic heterocycles. The summed E-state index contributed by atoms with van der Waals surface area (Å²) in [5.41, 5.74) is 2.13. The van der Waals surface area contributed by atoms with Crippen molar-refractivity contribution in [1.29, 1.82) is 0 Å². The number of carbonyl (C=O) groups is 1. The Bertz CT molecular complexity index is 594. The van der Waals surface area contributed by atoms with E-state index in [1.807, 2.05) is 45.6 Å². The molecule has 172 valence electrons. The number of amides is 1. The monoisotopic (exact) mass is 454 g/mol. The number of hydrogen-bond donors (Lipinski definition) is 1. The summed E-state index contributed by atoms with van der Waals surface area (Å²) in [6, 6.07) is 0. The lowest BCUT2D eigenvalue weighted by Gasteiger charge is -2.35. The summed E-state index contributed by atoms with van der Waals surface area (Å²) in [7, 11) is 3.76. The third-order valence-electron chi connectivity index (χ3n) is 5.38. The maximum atomic E-state index is 12.6. The van der Waals surface area contributed by atoms with Crippen molar-refractivity contribution in [3.05, 3.63) is 36.0 Å². The van der Waals surface area contributed by atoms with Gasteiger partial charge in [-0.05, 0) is 44.8 Å². The van der Waals surface area contributed by atoms with Gasteiger partial charge in [0.15, 0.2) is 0 Å². The Morgan fingerprint density at radius 3 is 2.43 bits per heavy atom. The minimum atomic E-state index is -0.365. The second-order valence-electron chi connectivity index (χ2n) is 8.57. The van der Waals surface area contributed by atoms with Gasteiger partial charge in [-0.15, -0.1) is 0 Å². The molecule has 0 spiro atoms. The van der Waals surface area contributed by atoms with Crippen LogP contribution in [0.1, 0.15) is 60.3 Å². The molecule has 0 radical (unpaired) electrons. The van der Waals surface area contributed by atoms with Gasteiger partial charge < -0.3 is 10.0 Å². The van der Waals surface area contributed by atoms with Crippen molar-refractivity contribution in [3.8, 4) is 0 Å². The molecule has 1 unspecified atom stereocenters. The average molecular weight is 455 g/mol. The van der Waals surface area contributed by atoms with Gasteiger partial charge >= 0.3 is 0 Å². The maximum Gasteiger partial charge on any atom is 0.222 e. The van der Waals surface area contributed by atoms with E-state index < -0.39 is 0 Å². The number of aliphatic hydroxyl groups is 1. The van der Waals surface area contributed by atoms with Crippen LogP contribution in [-0.4, -0.2) is 70.1 Å². The van der Waals surface area contributed by atoms with Gasteiger partial charge in [-0.1, -0.05) is 66.7 Å². The van der Waals surface area contributed by atoms with E-state index in [1.165, 1.54) is 0 Å². The first kappa shape index (κ1) is 27.3. The molecule has 0 aromatic rings. The Morgan fingerprint density at radius 2 is 1.87 bits per heavy atom. The van der Waals surface area contributed by atoms with Gasteiger partial charge in [-0.2, -0.15) is 0 Å². The van der Waals surface area contributed by atoms with Gasteiger partial charge in [-0.3, -0.25) is 9.69 Å². The summed E-state index contributed by atoms with van der Waals surface area (Å²) >= 11 is 0. The van der Waals surface area contributed by atoms with Crippen LogP contribution in [-0.2, 0) is 4.79 Å². The average Bonchev–Trinajstić information content (AvgIpc) is 2.74. The normalized spacial score (nSPS) is 17.9. The minimum Gasteiger partial charge on any atom is -0.389 e. The van der Waals surface area contributed by atoms with E-state index in [4.69, 9.17) is 0 Å². The number of carbonyl (C=O) groups excluding carboxylic acids is 1. The zero-order valence-corrected chi connectivity index (χ0v) is 21.3. The number of piperazine rings is 1. The van der Waals surface area contributed by atoms with Crippen LogP contribution in [0, 0.1) is 0 Å². The molecule has 0 aromatic carbocycles. The van der Waals surface area contributed by atoms with Crippen LogP contribution in [0.4, 0.5) is 0 Å². The van der Waals surface area contributed by atoms with Crippen molar-refractivity contribution in [3.63, 3.8) is 0 Å². The lowest BCUT2D eigenvalue weighted by atomic mass is 10.1. The molecule has 1 saturated heterocycles. The highest BCUT2D eigenvalue weighted by Gasteiger charge is 2.25. The van der Waals surface area contributed by atoms with Gasteiger partial charge in [0.2, 0.25) is 5.91 Å². The molecule has 0 bridgehead atoms. The number of rotatable bonds is 13. The molecule has 1 heterocycles. The summed E-state index contributed by atoms with van der Waals surface area (Å²) < 4.78 is 0.137. The largest absolute Gasteiger partial charge is 0.389 e. The second kappa shape index (κ2) is 14.4. The quantitative estimate of drug-likeness (QED) is 0.302. The van der Waals surface area contributed by atoms with Crippen LogP contribution >= 0.6 is 21.6 Å². The van der Waals surface area contributed by atoms with Crippen molar-refractivity contribution in [1.82, 2.24) is 9.80 Å². The summed E-state index contributed by atoms with van der Waals surface area (Å²) in [6.45, 7) is 18.8. The number of nitrogens with zero attached hydrogens (tertiary/aromatic N) is 2. The van der Waals surface area contributed by atoms with Gasteiger partial charge in [0, 0.05) is 49.6 Å². The SMILES string of the molecule is C=CC(=CC=C(C)C(O)CCC)CN1CCN(C(=O)CCC(C)(C)SSCC)CC1. The Kier molecular flexibility index (Phi) is 13.1. The second-order valence-corrected chi connectivity index (χ2v) is 11.9. The van der Waals surface area contributed by atoms with E-state index in [-0.39, 0.29) is 16.8 Å². The van der Waals surface area contributed by atoms with Crippen molar-refractivity contribution >= 4 is 27.5 Å². The molecule has 1 rings (SSSR count). The van der Waals surface area contributed by atoms with Gasteiger partial charge in [0.25, 0.3) is 0 Å². The number of hydrogen-bond acceptors (Lipinski definition) is 5. The minimum absolute atomic E-state index is 0.137. The highest BCUT2D eigenvalue weighted by molar-refractivity contribution is 8.77. The van der Waals surface area contributed by atoms with E-state index in [1.54, 1.807) is 0 Å². The molecule has 1 fully saturated rings. The lowest BCUT2D eigenvalue weighted by molar-refractivity contribution is -0.133. The highest BCUT2D eigenvalue weighted by Crippen LogP contribution is 2.38. The topological polar surface area (TPSA) is 43.8 Å². The van der Waals surface area contributed by atoms with Crippen molar-refractivity contribution in [2.24, 2.45) is 0 Å². The van der Waals surface area contributed by atoms with E-state index in [2.05, 4.69) is 45.2 Å². The summed E-state index contributed by atoms with van der Waals surface area (Å²) in [4.78, 5) is 17.0. The standard InChI is InChI=1S/C24H42N2O2S2/c1-7-10-22(27)20(4)11-12-21(8-2)19-25-15-17-26(18-16-25)23(28)13-14-24(5,6)30-29-9-3/h8,11-12,22,27H,2,7,9-10,13-19H2,1,3-6H3. The highest BCUT2D eigenvalue weighted by atomic mass is 33.1. The molecule has 30 heavy (non-hydrogen) atoms.